The molecule has 0 bridgehead atoms. The minimum Gasteiger partial charge on any atom is -0.486 e. The smallest absolute Gasteiger partial charge is 0.269 e. The molecule has 0 heterocycles. The molecule has 0 aliphatic heterocycles. The van der Waals surface area contributed by atoms with Gasteiger partial charge < -0.3 is 9.64 Å². The summed E-state index contributed by atoms with van der Waals surface area (Å²) in [6.07, 6.45) is 0. The lowest BCUT2D eigenvalue weighted by molar-refractivity contribution is -0.384. The molecule has 0 aliphatic carbocycles. The zero-order chi connectivity index (χ0) is 25.5. The molecule has 0 radical (unpaired) electrons. The van der Waals surface area contributed by atoms with Crippen LogP contribution in [-0.4, -0.2) is 24.6 Å². The van der Waals surface area contributed by atoms with Crippen LogP contribution >= 0.6 is 0 Å². The molecule has 0 fully saturated rings. The van der Waals surface area contributed by atoms with Gasteiger partial charge in [-0.15, -0.1) is 0 Å². The molecule has 0 atom stereocenters. The topological polar surface area (TPSA) is 104 Å². The Morgan fingerprint density at radius 3 is 1.91 bits per heavy atom. The second-order valence-corrected chi connectivity index (χ2v) is 6.99. The predicted octanol–water partition coefficient (Wildman–Crippen LogP) is 6.34. The van der Waals surface area contributed by atoms with Crippen LogP contribution in [0.3, 0.4) is 0 Å². The fourth-order valence-corrected chi connectivity index (χ4v) is 3.05. The number of non-ortho nitro benzene ring substituents is 1. The maximum absolute atomic E-state index is 14.0. The van der Waals surface area contributed by atoms with Gasteiger partial charge >= 0.3 is 0 Å². The lowest BCUT2D eigenvalue weighted by Gasteiger charge is -2.23. The molecule has 180 valence electrons. The number of nitrogens with zero attached hydrogens (tertiary/aromatic N) is 5. The largest absolute Gasteiger partial charge is 0.486 e. The summed E-state index contributed by atoms with van der Waals surface area (Å²) in [7, 11) is 0. The molecule has 0 aliphatic rings. The molecule has 0 saturated carbocycles. The summed E-state index contributed by atoms with van der Waals surface area (Å²) < 4.78 is 60.4. The van der Waals surface area contributed by atoms with Gasteiger partial charge in [0.2, 0.25) is 11.6 Å². The first kappa shape index (κ1) is 25.1. The first-order chi connectivity index (χ1) is 16.8. The number of azo groups is 1. The van der Waals surface area contributed by atoms with Crippen LogP contribution < -0.4 is 9.64 Å². The van der Waals surface area contributed by atoms with E-state index >= 15 is 0 Å². The monoisotopic (exact) mass is 487 g/mol. The summed E-state index contributed by atoms with van der Waals surface area (Å²) in [4.78, 5) is 12.0. The molecule has 0 aromatic heterocycles. The van der Waals surface area contributed by atoms with Crippen LogP contribution in [0.15, 0.2) is 58.8 Å². The van der Waals surface area contributed by atoms with Crippen molar-refractivity contribution >= 4 is 22.7 Å². The highest BCUT2D eigenvalue weighted by atomic mass is 19.2. The first-order valence-electron chi connectivity index (χ1n) is 10.2. The van der Waals surface area contributed by atoms with E-state index in [2.05, 4.69) is 10.2 Å². The van der Waals surface area contributed by atoms with Crippen molar-refractivity contribution in [1.82, 2.24) is 0 Å². The number of nitriles is 1. The minimum absolute atomic E-state index is 0.0585. The zero-order valence-electron chi connectivity index (χ0n) is 18.2. The summed E-state index contributed by atoms with van der Waals surface area (Å²) in [6.45, 7) is 2.13. The molecular weight excluding hydrogens is 470 g/mol. The van der Waals surface area contributed by atoms with Crippen molar-refractivity contribution < 1.29 is 27.2 Å². The number of nitro benzene ring substituents is 1. The Hall–Kier alpha value is -4.53. The predicted molar refractivity (Wildman–Crippen MR) is 118 cm³/mol. The minimum atomic E-state index is -1.81. The SMILES string of the molecule is CCN(CCOc1c(F)c(F)c(C#N)c(F)c1F)c1ccc(N=Nc2ccc([N+](=O)[O-])cc2)cc1. The number of likely N-dealkylation sites (N-methyl/N-ethyl adjacent to an activating group) is 1. The molecule has 3 rings (SSSR count). The van der Waals surface area contributed by atoms with Gasteiger partial charge in [0.25, 0.3) is 5.69 Å². The van der Waals surface area contributed by atoms with Crippen LogP contribution in [0, 0.1) is 44.7 Å². The summed E-state index contributed by atoms with van der Waals surface area (Å²) in [5.41, 5.74) is 0.239. The van der Waals surface area contributed by atoms with Gasteiger partial charge in [-0.3, -0.25) is 10.1 Å². The van der Waals surface area contributed by atoms with Crippen LogP contribution in [0.4, 0.5) is 40.3 Å². The maximum atomic E-state index is 14.0. The highest BCUT2D eigenvalue weighted by molar-refractivity contribution is 5.53. The van der Waals surface area contributed by atoms with Gasteiger partial charge in [-0.05, 0) is 43.3 Å². The normalized spacial score (nSPS) is 10.9. The van der Waals surface area contributed by atoms with E-state index < -0.39 is 39.5 Å². The van der Waals surface area contributed by atoms with Crippen LogP contribution in [-0.2, 0) is 0 Å². The van der Waals surface area contributed by atoms with E-state index in [9.17, 15) is 27.7 Å². The van der Waals surface area contributed by atoms with Gasteiger partial charge in [-0.25, -0.2) is 8.78 Å². The second-order valence-electron chi connectivity index (χ2n) is 6.99. The maximum Gasteiger partial charge on any atom is 0.269 e. The van der Waals surface area contributed by atoms with Gasteiger partial charge in [0.15, 0.2) is 17.4 Å². The Balaban J connectivity index is 1.64. The molecule has 3 aromatic carbocycles. The molecule has 0 spiro atoms. The van der Waals surface area contributed by atoms with Crippen LogP contribution in [0.1, 0.15) is 12.5 Å². The van der Waals surface area contributed by atoms with Gasteiger partial charge in [0.1, 0.15) is 18.2 Å². The highest BCUT2D eigenvalue weighted by Gasteiger charge is 2.26. The van der Waals surface area contributed by atoms with Gasteiger partial charge in [0.05, 0.1) is 22.8 Å². The first-order valence-corrected chi connectivity index (χ1v) is 10.2. The van der Waals surface area contributed by atoms with E-state index in [-0.39, 0.29) is 18.8 Å². The van der Waals surface area contributed by atoms with Crippen LogP contribution in [0.25, 0.3) is 0 Å². The third kappa shape index (κ3) is 5.70. The van der Waals surface area contributed by atoms with Gasteiger partial charge in [-0.2, -0.15) is 24.3 Å². The van der Waals surface area contributed by atoms with Crippen molar-refractivity contribution in [1.29, 1.82) is 5.26 Å². The van der Waals surface area contributed by atoms with E-state index in [1.807, 2.05) is 6.92 Å². The number of hydrogen-bond donors (Lipinski definition) is 0. The number of nitro groups is 1. The molecular formula is C23H17F4N5O3. The highest BCUT2D eigenvalue weighted by Crippen LogP contribution is 2.30. The quantitative estimate of drug-likeness (QED) is 0.115. The summed E-state index contributed by atoms with van der Waals surface area (Å²) >= 11 is 0. The summed E-state index contributed by atoms with van der Waals surface area (Å²) in [5, 5.41) is 27.4. The Morgan fingerprint density at radius 2 is 1.46 bits per heavy atom. The molecule has 0 N–H and O–H groups in total. The van der Waals surface area contributed by atoms with Crippen molar-refractivity contribution in [3.8, 4) is 11.8 Å². The molecule has 35 heavy (non-hydrogen) atoms. The van der Waals surface area contributed by atoms with Crippen LogP contribution in [0.2, 0.25) is 0 Å². The van der Waals surface area contributed by atoms with Crippen molar-refractivity contribution in [2.75, 3.05) is 24.6 Å². The van der Waals surface area contributed by atoms with E-state index in [4.69, 9.17) is 10.00 Å². The van der Waals surface area contributed by atoms with Gasteiger partial charge in [-0.1, -0.05) is 0 Å². The number of ether oxygens (including phenoxy) is 1. The van der Waals surface area contributed by atoms with E-state index in [0.717, 1.165) is 6.07 Å². The Kier molecular flexibility index (Phi) is 7.93. The Bertz CT molecular complexity index is 1260. The fourth-order valence-electron chi connectivity index (χ4n) is 3.05. The van der Waals surface area contributed by atoms with Gasteiger partial charge in [0, 0.05) is 24.4 Å². The molecule has 0 saturated heterocycles. The molecule has 0 amide bonds. The number of halogens is 4. The van der Waals surface area contributed by atoms with Crippen molar-refractivity contribution in [3.05, 3.63) is 87.5 Å². The summed E-state index contributed by atoms with van der Waals surface area (Å²) in [5.74, 6) is -8.39. The fraction of sp³-hybridized carbons (Fsp3) is 0.174. The van der Waals surface area contributed by atoms with Crippen molar-refractivity contribution in [2.24, 2.45) is 10.2 Å². The molecule has 3 aromatic rings. The average Bonchev–Trinajstić information content (AvgIpc) is 2.87. The lowest BCUT2D eigenvalue weighted by atomic mass is 10.2. The third-order valence-corrected chi connectivity index (χ3v) is 4.88. The van der Waals surface area contributed by atoms with E-state index in [0.29, 0.717) is 23.6 Å². The molecule has 12 heteroatoms. The van der Waals surface area contributed by atoms with E-state index in [1.165, 1.54) is 24.3 Å². The second kappa shape index (κ2) is 11.1. The summed E-state index contributed by atoms with van der Waals surface area (Å²) in [6, 6.07) is 13.4. The Morgan fingerprint density at radius 1 is 0.943 bits per heavy atom. The van der Waals surface area contributed by atoms with E-state index in [1.54, 1.807) is 29.2 Å². The Labute approximate surface area is 196 Å². The van der Waals surface area contributed by atoms with Crippen molar-refractivity contribution in [2.45, 2.75) is 6.92 Å². The van der Waals surface area contributed by atoms with Crippen molar-refractivity contribution in [3.63, 3.8) is 0 Å². The number of rotatable bonds is 9. The molecule has 0 unspecified atom stereocenters. The third-order valence-electron chi connectivity index (χ3n) is 4.88. The standard InChI is InChI=1S/C23H17F4N5O3/c1-2-31(11-12-35-23-21(26)19(24)18(13-28)20(25)22(23)27)16-7-3-14(4-8-16)29-30-15-5-9-17(10-6-15)32(33)34/h3-10H,2,11-12H2,1H3. The number of hydrogen-bond acceptors (Lipinski definition) is 7. The zero-order valence-corrected chi connectivity index (χ0v) is 18.2. The number of anilines is 1. The number of benzene rings is 3. The average molecular weight is 487 g/mol. The van der Waals surface area contributed by atoms with Crippen LogP contribution in [0.5, 0.6) is 5.75 Å². The lowest BCUT2D eigenvalue weighted by Crippen LogP contribution is -2.28. The molecule has 8 nitrogen and oxygen atoms in total.